The molecule has 9 nitrogen and oxygen atoms in total. The van der Waals surface area contributed by atoms with E-state index in [2.05, 4.69) is 23.3 Å². The van der Waals surface area contributed by atoms with Crippen molar-refractivity contribution in [2.75, 3.05) is 11.1 Å². The van der Waals surface area contributed by atoms with Gasteiger partial charge < -0.3 is 20.7 Å². The number of nitrogens with one attached hydrogen (secondary N) is 3. The average Bonchev–Trinajstić information content (AvgIpc) is 2.79. The van der Waals surface area contributed by atoms with Gasteiger partial charge in [0, 0.05) is 30.0 Å². The Morgan fingerprint density at radius 3 is 2.44 bits per heavy atom. The highest BCUT2D eigenvalue weighted by Gasteiger charge is 2.44. The lowest BCUT2D eigenvalue weighted by Crippen LogP contribution is -2.99. The molecule has 2 aromatic carbocycles. The van der Waals surface area contributed by atoms with Gasteiger partial charge in [-0.3, -0.25) is 14.4 Å². The standard InChI is InChI=1S/C22H26N4O5S/c1-2-18(20(27)23-15-6-4-3-5-7-15)25-19(21(28)24-17(13-32)22(25)29)12-14-8-10-16(11-9-14)26(30)31/h3-11,17-19,26,30,32H,2,12-13H2,1H3,(H,23,27)(H,24,28)/t17-,18?,19-/m0/s1. The minimum atomic E-state index is -1.05. The van der Waals surface area contributed by atoms with E-state index < -0.39 is 23.4 Å². The van der Waals surface area contributed by atoms with Gasteiger partial charge in [-0.25, -0.2) is 5.21 Å². The molecule has 1 aliphatic heterocycles. The summed E-state index contributed by atoms with van der Waals surface area (Å²) in [4.78, 5) is 40.6. The molecule has 0 aliphatic carbocycles. The number of hydrogen-bond donors (Lipinski definition) is 5. The molecule has 10 heteroatoms. The molecular formula is C22H26N4O5S. The van der Waals surface area contributed by atoms with Crippen LogP contribution in [0.3, 0.4) is 0 Å². The molecule has 2 aromatic rings. The number of amides is 3. The third kappa shape index (κ3) is 5.28. The van der Waals surface area contributed by atoms with Gasteiger partial charge in [-0.05, 0) is 24.1 Å². The first kappa shape index (κ1) is 23.7. The number of carbonyl (C=O) groups excluding carboxylic acids is 3. The Kier molecular flexibility index (Phi) is 7.86. The summed E-state index contributed by atoms with van der Waals surface area (Å²) in [6.07, 6.45) is 0.456. The fourth-order valence-corrected chi connectivity index (χ4v) is 3.98. The summed E-state index contributed by atoms with van der Waals surface area (Å²) in [5.74, 6) is -1.03. The highest BCUT2D eigenvalue weighted by atomic mass is 32.1. The summed E-state index contributed by atoms with van der Waals surface area (Å²) in [5, 5.41) is 24.6. The minimum Gasteiger partial charge on any atom is -0.595 e. The van der Waals surface area contributed by atoms with E-state index in [1.807, 2.05) is 6.07 Å². The van der Waals surface area contributed by atoms with Gasteiger partial charge in [0.25, 0.3) is 0 Å². The smallest absolute Gasteiger partial charge is 0.247 e. The molecule has 4 atom stereocenters. The largest absolute Gasteiger partial charge is 0.595 e. The molecule has 1 heterocycles. The van der Waals surface area contributed by atoms with Gasteiger partial charge in [-0.2, -0.15) is 17.9 Å². The SMILES string of the molecule is CCC(C(=O)Nc1ccccc1)N1C(=O)[C@H](CS)NC(=O)[C@@H]1Cc1ccc([NH+]([O-])O)cc1. The Morgan fingerprint density at radius 1 is 1.22 bits per heavy atom. The van der Waals surface area contributed by atoms with Crippen LogP contribution in [0.4, 0.5) is 11.4 Å². The lowest BCUT2D eigenvalue weighted by atomic mass is 9.96. The van der Waals surface area contributed by atoms with Gasteiger partial charge in [-0.15, -0.1) is 0 Å². The van der Waals surface area contributed by atoms with Crippen LogP contribution in [0.2, 0.25) is 0 Å². The maximum atomic E-state index is 13.2. The Bertz CT molecular complexity index is 955. The Morgan fingerprint density at radius 2 is 1.88 bits per heavy atom. The van der Waals surface area contributed by atoms with Crippen molar-refractivity contribution >= 4 is 41.7 Å². The zero-order valence-corrected chi connectivity index (χ0v) is 18.4. The van der Waals surface area contributed by atoms with Gasteiger partial charge in [-0.1, -0.05) is 37.3 Å². The van der Waals surface area contributed by atoms with Crippen molar-refractivity contribution in [1.82, 2.24) is 10.2 Å². The second-order valence-corrected chi connectivity index (χ2v) is 7.86. The van der Waals surface area contributed by atoms with Crippen molar-refractivity contribution in [3.05, 3.63) is 65.4 Å². The molecule has 2 unspecified atom stereocenters. The summed E-state index contributed by atoms with van der Waals surface area (Å²) in [6.45, 7) is 1.78. The number of hydrogen-bond acceptors (Lipinski definition) is 6. The molecule has 3 rings (SSSR count). The second-order valence-electron chi connectivity index (χ2n) is 7.49. The molecule has 1 fully saturated rings. The molecule has 0 aromatic heterocycles. The highest BCUT2D eigenvalue weighted by Crippen LogP contribution is 2.22. The normalized spacial score (nSPS) is 20.4. The van der Waals surface area contributed by atoms with Gasteiger partial charge in [0.1, 0.15) is 18.1 Å². The van der Waals surface area contributed by atoms with Gasteiger partial charge in [0.15, 0.2) is 5.69 Å². The number of anilines is 1. The maximum Gasteiger partial charge on any atom is 0.247 e. The predicted octanol–water partition coefficient (Wildman–Crippen LogP) is 0.675. The van der Waals surface area contributed by atoms with Crippen molar-refractivity contribution in [2.45, 2.75) is 37.9 Å². The summed E-state index contributed by atoms with van der Waals surface area (Å²) < 4.78 is 0. The van der Waals surface area contributed by atoms with Crippen LogP contribution in [0.25, 0.3) is 0 Å². The van der Waals surface area contributed by atoms with Crippen molar-refractivity contribution in [3.8, 4) is 0 Å². The summed E-state index contributed by atoms with van der Waals surface area (Å²) >= 11 is 4.17. The third-order valence-electron chi connectivity index (χ3n) is 5.39. The Hall–Kier alpha value is -2.92. The van der Waals surface area contributed by atoms with Crippen LogP contribution in [-0.2, 0) is 20.8 Å². The quantitative estimate of drug-likeness (QED) is 0.294. The summed E-state index contributed by atoms with van der Waals surface area (Å²) in [7, 11) is 0. The Balaban J connectivity index is 1.89. The van der Waals surface area contributed by atoms with E-state index in [0.717, 1.165) is 0 Å². The van der Waals surface area contributed by atoms with E-state index in [4.69, 9.17) is 5.21 Å². The highest BCUT2D eigenvalue weighted by molar-refractivity contribution is 7.80. The molecule has 170 valence electrons. The lowest BCUT2D eigenvalue weighted by molar-refractivity contribution is -0.991. The zero-order chi connectivity index (χ0) is 23.3. The number of benzene rings is 2. The van der Waals surface area contributed by atoms with Crippen molar-refractivity contribution < 1.29 is 24.8 Å². The molecule has 0 bridgehead atoms. The molecule has 3 amide bonds. The van der Waals surface area contributed by atoms with Gasteiger partial charge in [0.2, 0.25) is 17.7 Å². The van der Waals surface area contributed by atoms with E-state index >= 15 is 0 Å². The second kappa shape index (κ2) is 10.6. The number of quaternary nitrogens is 1. The fraction of sp³-hybridized carbons (Fsp3) is 0.318. The topological polar surface area (TPSA) is 126 Å². The van der Waals surface area contributed by atoms with Crippen LogP contribution in [-0.4, -0.2) is 51.7 Å². The van der Waals surface area contributed by atoms with E-state index in [-0.39, 0.29) is 35.6 Å². The summed E-state index contributed by atoms with van der Waals surface area (Å²) in [6, 6.07) is 12.4. The average molecular weight is 459 g/mol. The molecule has 0 radical (unpaired) electrons. The number of para-hydroxylation sites is 1. The predicted molar refractivity (Wildman–Crippen MR) is 121 cm³/mol. The first-order valence-corrected chi connectivity index (χ1v) is 10.9. The minimum absolute atomic E-state index is 0.109. The molecule has 4 N–H and O–H groups in total. The number of piperazine rings is 1. The van der Waals surface area contributed by atoms with E-state index in [1.54, 1.807) is 43.3 Å². The molecule has 0 saturated carbocycles. The van der Waals surface area contributed by atoms with E-state index in [0.29, 0.717) is 17.7 Å². The fourth-order valence-electron chi connectivity index (χ4n) is 3.74. The molecule has 32 heavy (non-hydrogen) atoms. The zero-order valence-electron chi connectivity index (χ0n) is 17.5. The van der Waals surface area contributed by atoms with Crippen LogP contribution in [0, 0.1) is 5.21 Å². The summed E-state index contributed by atoms with van der Waals surface area (Å²) in [5.41, 5.74) is 1.39. The molecule has 1 saturated heterocycles. The van der Waals surface area contributed by atoms with Crippen LogP contribution >= 0.6 is 12.6 Å². The molecule has 0 spiro atoms. The van der Waals surface area contributed by atoms with Crippen LogP contribution in [0.5, 0.6) is 0 Å². The molecular weight excluding hydrogens is 432 g/mol. The van der Waals surface area contributed by atoms with Gasteiger partial charge >= 0.3 is 0 Å². The van der Waals surface area contributed by atoms with Crippen LogP contribution < -0.4 is 15.9 Å². The third-order valence-corrected chi connectivity index (χ3v) is 5.75. The van der Waals surface area contributed by atoms with Crippen molar-refractivity contribution in [2.24, 2.45) is 0 Å². The van der Waals surface area contributed by atoms with Crippen LogP contribution in [0.15, 0.2) is 54.6 Å². The lowest BCUT2D eigenvalue weighted by Gasteiger charge is -2.42. The number of rotatable bonds is 8. The van der Waals surface area contributed by atoms with E-state index in [9.17, 15) is 19.6 Å². The van der Waals surface area contributed by atoms with Crippen molar-refractivity contribution in [3.63, 3.8) is 0 Å². The van der Waals surface area contributed by atoms with Crippen LogP contribution in [0.1, 0.15) is 18.9 Å². The number of thiol groups is 1. The first-order valence-electron chi connectivity index (χ1n) is 10.3. The first-order chi connectivity index (χ1) is 15.3. The Labute approximate surface area is 191 Å². The number of carbonyl (C=O) groups is 3. The monoisotopic (exact) mass is 458 g/mol. The molecule has 1 aliphatic rings. The van der Waals surface area contributed by atoms with E-state index in [1.165, 1.54) is 17.0 Å². The maximum absolute atomic E-state index is 13.2. The van der Waals surface area contributed by atoms with Crippen molar-refractivity contribution in [1.29, 1.82) is 0 Å². The van der Waals surface area contributed by atoms with Gasteiger partial charge in [0.05, 0.1) is 0 Å². The number of nitrogens with zero attached hydrogens (tertiary/aromatic N) is 1.